The Morgan fingerprint density at radius 1 is 1.21 bits per heavy atom. The number of carbonyl (C=O) groups excluding carboxylic acids is 2. The van der Waals surface area contributed by atoms with Crippen molar-refractivity contribution in [1.29, 1.82) is 0 Å². The third kappa shape index (κ3) is 3.20. The summed E-state index contributed by atoms with van der Waals surface area (Å²) in [4.78, 5) is 28.7. The summed E-state index contributed by atoms with van der Waals surface area (Å²) >= 11 is 3.74. The van der Waals surface area contributed by atoms with E-state index in [0.29, 0.717) is 0 Å². The summed E-state index contributed by atoms with van der Waals surface area (Å²) in [5.41, 5.74) is 2.10. The molecule has 1 aromatic rings. The molecule has 1 aliphatic heterocycles. The lowest BCUT2D eigenvalue weighted by Gasteiger charge is -2.50. The largest absolute Gasteiger partial charge is 0.443 e. The van der Waals surface area contributed by atoms with Crippen LogP contribution in [0.3, 0.4) is 0 Å². The second-order valence-corrected chi connectivity index (χ2v) is 10.7. The summed E-state index contributed by atoms with van der Waals surface area (Å²) in [6, 6.07) is 2.08. The van der Waals surface area contributed by atoms with Gasteiger partial charge in [0.2, 0.25) is 0 Å². The maximum Gasteiger partial charge on any atom is 0.415 e. The number of rotatable bonds is 2. The number of halogens is 1. The molecule has 28 heavy (non-hydrogen) atoms. The number of hydrogen-bond acceptors (Lipinski definition) is 3. The molecule has 1 unspecified atom stereocenters. The number of hydrogen-bond donors (Lipinski definition) is 0. The first-order valence-corrected chi connectivity index (χ1v) is 11.1. The van der Waals surface area contributed by atoms with E-state index in [1.165, 1.54) is 11.1 Å². The Hall–Kier alpha value is -1.36. The summed E-state index contributed by atoms with van der Waals surface area (Å²) in [5.74, 6) is 0.0741. The van der Waals surface area contributed by atoms with Crippen LogP contribution in [0.1, 0.15) is 84.4 Å². The zero-order chi connectivity index (χ0) is 21.1. The van der Waals surface area contributed by atoms with Gasteiger partial charge in [0.25, 0.3) is 0 Å². The van der Waals surface area contributed by atoms with Gasteiger partial charge in [-0.25, -0.2) is 4.79 Å². The standard InChI is InChI=1S/C23H32BrNO3/c1-8-12-23(7)16-13-17(24)14-10-9-11-15(14)18(16)25(22(5,6)19(23)26)20(27)28-21(2,3)4/h13H,8-12H2,1-7H3. The lowest BCUT2D eigenvalue weighted by atomic mass is 9.65. The van der Waals surface area contributed by atoms with Gasteiger partial charge >= 0.3 is 6.09 Å². The highest BCUT2D eigenvalue weighted by molar-refractivity contribution is 9.10. The summed E-state index contributed by atoms with van der Waals surface area (Å²) in [6.45, 7) is 13.4. The molecule has 0 saturated carbocycles. The zero-order valence-electron chi connectivity index (χ0n) is 18.2. The number of carbonyl (C=O) groups is 2. The first kappa shape index (κ1) is 21.4. The number of ketones is 1. The normalized spacial score (nSPS) is 23.4. The van der Waals surface area contributed by atoms with Crippen LogP contribution in [0, 0.1) is 0 Å². The minimum Gasteiger partial charge on any atom is -0.443 e. The molecule has 0 radical (unpaired) electrons. The Bertz CT molecular complexity index is 837. The van der Waals surface area contributed by atoms with Gasteiger partial charge in [0, 0.05) is 4.47 Å². The molecule has 1 heterocycles. The van der Waals surface area contributed by atoms with Gasteiger partial charge in [-0.15, -0.1) is 0 Å². The van der Waals surface area contributed by atoms with Gasteiger partial charge < -0.3 is 4.74 Å². The highest BCUT2D eigenvalue weighted by Gasteiger charge is 2.56. The van der Waals surface area contributed by atoms with Crippen molar-refractivity contribution in [3.05, 3.63) is 27.2 Å². The third-order valence-electron chi connectivity index (χ3n) is 6.08. The van der Waals surface area contributed by atoms with Gasteiger partial charge in [-0.2, -0.15) is 0 Å². The predicted octanol–water partition coefficient (Wildman–Crippen LogP) is 6.10. The number of nitrogens with zero attached hydrogens (tertiary/aromatic N) is 1. The highest BCUT2D eigenvalue weighted by Crippen LogP contribution is 2.52. The van der Waals surface area contributed by atoms with Crippen LogP contribution in [0.5, 0.6) is 0 Å². The molecule has 1 atom stereocenters. The highest BCUT2D eigenvalue weighted by atomic mass is 79.9. The van der Waals surface area contributed by atoms with E-state index in [2.05, 4.69) is 28.9 Å². The third-order valence-corrected chi connectivity index (χ3v) is 6.79. The monoisotopic (exact) mass is 449 g/mol. The maximum absolute atomic E-state index is 13.7. The number of ether oxygens (including phenoxy) is 1. The Balaban J connectivity index is 2.32. The van der Waals surface area contributed by atoms with Crippen molar-refractivity contribution < 1.29 is 14.3 Å². The van der Waals surface area contributed by atoms with E-state index in [1.54, 1.807) is 4.90 Å². The van der Waals surface area contributed by atoms with E-state index in [9.17, 15) is 9.59 Å². The zero-order valence-corrected chi connectivity index (χ0v) is 19.7. The molecule has 0 bridgehead atoms. The number of amides is 1. The molecule has 1 aliphatic carbocycles. The van der Waals surface area contributed by atoms with E-state index < -0.39 is 22.6 Å². The maximum atomic E-state index is 13.7. The molecular formula is C23H32BrNO3. The fourth-order valence-corrected chi connectivity index (χ4v) is 5.61. The molecule has 0 fully saturated rings. The van der Waals surface area contributed by atoms with Crippen LogP contribution < -0.4 is 4.90 Å². The molecule has 2 aliphatic rings. The Labute approximate surface area is 177 Å². The Morgan fingerprint density at radius 3 is 2.39 bits per heavy atom. The average Bonchev–Trinajstić information content (AvgIpc) is 3.03. The van der Waals surface area contributed by atoms with Crippen molar-refractivity contribution in [3.63, 3.8) is 0 Å². The van der Waals surface area contributed by atoms with Gasteiger partial charge in [-0.3, -0.25) is 9.69 Å². The lowest BCUT2D eigenvalue weighted by Crippen LogP contribution is -2.63. The van der Waals surface area contributed by atoms with Crippen molar-refractivity contribution in [2.24, 2.45) is 0 Å². The Kier molecular flexibility index (Phi) is 5.23. The SMILES string of the molecule is CCCC1(C)C(=O)C(C)(C)N(C(=O)OC(C)(C)C)c2c1cc(Br)c1c2CCC1. The van der Waals surface area contributed by atoms with Crippen molar-refractivity contribution in [2.75, 3.05) is 4.90 Å². The summed E-state index contributed by atoms with van der Waals surface area (Å²) in [7, 11) is 0. The predicted molar refractivity (Wildman–Crippen MR) is 116 cm³/mol. The van der Waals surface area contributed by atoms with Crippen LogP contribution in [-0.2, 0) is 27.8 Å². The second-order valence-electron chi connectivity index (χ2n) is 9.85. The van der Waals surface area contributed by atoms with Crippen LogP contribution in [0.4, 0.5) is 10.5 Å². The second kappa shape index (κ2) is 6.86. The molecule has 1 aromatic carbocycles. The minimum absolute atomic E-state index is 0.0741. The van der Waals surface area contributed by atoms with E-state index >= 15 is 0 Å². The van der Waals surface area contributed by atoms with Gasteiger partial charge in [0.1, 0.15) is 11.1 Å². The number of benzene rings is 1. The molecule has 5 heteroatoms. The van der Waals surface area contributed by atoms with Gasteiger partial charge in [-0.05, 0) is 90.0 Å². The van der Waals surface area contributed by atoms with E-state index in [4.69, 9.17) is 4.74 Å². The number of fused-ring (bicyclic) bond motifs is 3. The molecular weight excluding hydrogens is 418 g/mol. The number of anilines is 1. The fourth-order valence-electron chi connectivity index (χ4n) is 4.94. The molecule has 0 spiro atoms. The molecule has 0 aromatic heterocycles. The van der Waals surface area contributed by atoms with Crippen molar-refractivity contribution in [1.82, 2.24) is 0 Å². The Morgan fingerprint density at radius 2 is 1.82 bits per heavy atom. The van der Waals surface area contributed by atoms with Crippen molar-refractivity contribution in [2.45, 2.75) is 97.1 Å². The fraction of sp³-hybridized carbons (Fsp3) is 0.652. The first-order chi connectivity index (χ1) is 12.8. The van der Waals surface area contributed by atoms with Crippen LogP contribution in [0.25, 0.3) is 0 Å². The van der Waals surface area contributed by atoms with Crippen LogP contribution >= 0.6 is 15.9 Å². The molecule has 0 saturated heterocycles. The molecule has 1 amide bonds. The van der Waals surface area contributed by atoms with E-state index in [1.807, 2.05) is 41.5 Å². The molecule has 4 nitrogen and oxygen atoms in total. The molecule has 3 rings (SSSR count). The smallest absolute Gasteiger partial charge is 0.415 e. The molecule has 154 valence electrons. The topological polar surface area (TPSA) is 46.6 Å². The minimum atomic E-state index is -0.969. The first-order valence-electron chi connectivity index (χ1n) is 10.3. The van der Waals surface area contributed by atoms with Crippen LogP contribution in [-0.4, -0.2) is 23.0 Å². The quantitative estimate of drug-likeness (QED) is 0.547. The summed E-state index contributed by atoms with van der Waals surface area (Å²) in [5, 5.41) is 0. The van der Waals surface area contributed by atoms with E-state index in [0.717, 1.165) is 47.8 Å². The van der Waals surface area contributed by atoms with Gasteiger partial charge in [0.15, 0.2) is 5.78 Å². The number of Topliss-reactive ketones (excluding diaryl/α,β-unsaturated/α-hetero) is 1. The molecule has 0 N–H and O–H groups in total. The summed E-state index contributed by atoms with van der Waals surface area (Å²) in [6.07, 6.45) is 4.19. The van der Waals surface area contributed by atoms with Crippen LogP contribution in [0.15, 0.2) is 10.5 Å². The van der Waals surface area contributed by atoms with Crippen molar-refractivity contribution >= 4 is 33.5 Å². The van der Waals surface area contributed by atoms with Crippen LogP contribution in [0.2, 0.25) is 0 Å². The van der Waals surface area contributed by atoms with E-state index in [-0.39, 0.29) is 5.78 Å². The van der Waals surface area contributed by atoms with Gasteiger partial charge in [0.05, 0.1) is 11.1 Å². The van der Waals surface area contributed by atoms with Gasteiger partial charge in [-0.1, -0.05) is 29.3 Å². The summed E-state index contributed by atoms with van der Waals surface area (Å²) < 4.78 is 6.81. The van der Waals surface area contributed by atoms with Crippen molar-refractivity contribution in [3.8, 4) is 0 Å². The average molecular weight is 450 g/mol. The lowest BCUT2D eigenvalue weighted by molar-refractivity contribution is -0.129.